The van der Waals surface area contributed by atoms with Crippen molar-refractivity contribution in [3.63, 3.8) is 0 Å². The third-order valence-corrected chi connectivity index (χ3v) is 3.63. The second-order valence-corrected chi connectivity index (χ2v) is 5.33. The molecule has 0 atom stereocenters. The van der Waals surface area contributed by atoms with Crippen LogP contribution in [0.4, 0.5) is 11.4 Å². The first-order valence-corrected chi connectivity index (χ1v) is 7.23. The van der Waals surface area contributed by atoms with Gasteiger partial charge in [-0.2, -0.15) is 5.26 Å². The fourth-order valence-corrected chi connectivity index (χ4v) is 2.42. The van der Waals surface area contributed by atoms with E-state index < -0.39 is 0 Å². The molecular weight excluding hydrogens is 304 g/mol. The van der Waals surface area contributed by atoms with Crippen molar-refractivity contribution < 1.29 is 9.53 Å². The summed E-state index contributed by atoms with van der Waals surface area (Å²) in [5.41, 5.74) is 8.98. The van der Waals surface area contributed by atoms with Gasteiger partial charge >= 0.3 is 0 Å². The molecule has 0 aliphatic carbocycles. The molecule has 0 aliphatic heterocycles. The fraction of sp³-hybridized carbons (Fsp3) is 0.167. The third kappa shape index (κ3) is 3.20. The normalized spacial score (nSPS) is 9.92. The Labute approximate surface area is 140 Å². The fourth-order valence-electron chi connectivity index (χ4n) is 2.42. The van der Waals surface area contributed by atoms with Gasteiger partial charge < -0.3 is 21.2 Å². The molecule has 2 aromatic carbocycles. The number of nitrogens with two attached hydrogens (primary N) is 1. The molecule has 6 heteroatoms. The molecule has 1 amide bonds. The largest absolute Gasteiger partial charge is 0.495 e. The van der Waals surface area contributed by atoms with Crippen molar-refractivity contribution in [1.82, 2.24) is 0 Å². The molecule has 24 heavy (non-hydrogen) atoms. The zero-order valence-electron chi connectivity index (χ0n) is 13.7. The molecule has 2 rings (SSSR count). The molecule has 0 bridgehead atoms. The van der Waals surface area contributed by atoms with Crippen LogP contribution in [0.5, 0.6) is 5.75 Å². The average Bonchev–Trinajstić information content (AvgIpc) is 2.55. The highest BCUT2D eigenvalue weighted by Crippen LogP contribution is 2.28. The number of methoxy groups -OCH3 is 1. The lowest BCUT2D eigenvalue weighted by molar-refractivity contribution is 0.102. The molecule has 0 aromatic heterocycles. The number of nitrogen functional groups attached to an aromatic ring is 1. The Bertz CT molecular complexity index is 866. The predicted octanol–water partition coefficient (Wildman–Crippen LogP) is 3.10. The smallest absolute Gasteiger partial charge is 0.259 e. The lowest BCUT2D eigenvalue weighted by Gasteiger charge is -2.14. The summed E-state index contributed by atoms with van der Waals surface area (Å²) in [7, 11) is 1.42. The summed E-state index contributed by atoms with van der Waals surface area (Å²) < 4.78 is 5.25. The van der Waals surface area contributed by atoms with Crippen LogP contribution in [0.3, 0.4) is 0 Å². The molecule has 4 N–H and O–H groups in total. The number of benzene rings is 2. The van der Waals surface area contributed by atoms with Crippen molar-refractivity contribution in [1.29, 1.82) is 10.7 Å². The molecule has 122 valence electrons. The zero-order chi connectivity index (χ0) is 17.9. The van der Waals surface area contributed by atoms with Gasteiger partial charge in [0.15, 0.2) is 0 Å². The van der Waals surface area contributed by atoms with Crippen molar-refractivity contribution in [2.24, 2.45) is 0 Å². The van der Waals surface area contributed by atoms with Crippen LogP contribution in [0, 0.1) is 23.7 Å². The highest BCUT2D eigenvalue weighted by atomic mass is 16.5. The number of hydrogen-bond acceptors (Lipinski definition) is 5. The summed E-state index contributed by atoms with van der Waals surface area (Å²) >= 11 is 0. The maximum Gasteiger partial charge on any atom is 0.259 e. The van der Waals surface area contributed by atoms with E-state index in [4.69, 9.17) is 21.1 Å². The number of amides is 1. The van der Waals surface area contributed by atoms with Crippen molar-refractivity contribution in [2.45, 2.75) is 13.8 Å². The third-order valence-electron chi connectivity index (χ3n) is 3.63. The van der Waals surface area contributed by atoms with Crippen LogP contribution in [0.25, 0.3) is 0 Å². The van der Waals surface area contributed by atoms with Crippen molar-refractivity contribution >= 4 is 23.0 Å². The molecule has 0 aliphatic rings. The summed E-state index contributed by atoms with van der Waals surface area (Å²) in [6.07, 6.45) is 0. The first-order valence-electron chi connectivity index (χ1n) is 7.23. The van der Waals surface area contributed by atoms with Crippen LogP contribution >= 0.6 is 0 Å². The second-order valence-electron chi connectivity index (χ2n) is 5.33. The topological polar surface area (TPSA) is 112 Å². The first-order chi connectivity index (χ1) is 11.4. The highest BCUT2D eigenvalue weighted by molar-refractivity contribution is 6.09. The van der Waals surface area contributed by atoms with Gasteiger partial charge in [0.05, 0.1) is 18.2 Å². The molecule has 6 nitrogen and oxygen atoms in total. The van der Waals surface area contributed by atoms with E-state index in [2.05, 4.69) is 5.32 Å². The molecule has 2 aromatic rings. The molecule has 0 saturated heterocycles. The number of aryl methyl sites for hydroxylation is 1. The van der Waals surface area contributed by atoms with Crippen LogP contribution in [-0.4, -0.2) is 18.7 Å². The van der Waals surface area contributed by atoms with Gasteiger partial charge in [-0.05, 0) is 43.7 Å². The van der Waals surface area contributed by atoms with Crippen molar-refractivity contribution in [3.8, 4) is 11.8 Å². The summed E-state index contributed by atoms with van der Waals surface area (Å²) in [5.74, 6) is -0.145. The van der Waals surface area contributed by atoms with E-state index in [1.807, 2.05) is 6.07 Å². The SMILES string of the molecule is COc1c(C#N)ccc(C)c1C(=O)Nc1ccc(N)c(C(C)=N)c1. The number of nitriles is 1. The Kier molecular flexibility index (Phi) is 4.85. The van der Waals surface area contributed by atoms with Crippen LogP contribution in [-0.2, 0) is 0 Å². The van der Waals surface area contributed by atoms with Gasteiger partial charge in [-0.1, -0.05) is 6.07 Å². The number of rotatable bonds is 4. The molecule has 0 radical (unpaired) electrons. The number of nitrogens with one attached hydrogen (secondary N) is 2. The Morgan fingerprint density at radius 1 is 1.33 bits per heavy atom. The minimum atomic E-state index is -0.389. The van der Waals surface area contributed by atoms with Gasteiger partial charge in [-0.15, -0.1) is 0 Å². The molecule has 0 saturated carbocycles. The lowest BCUT2D eigenvalue weighted by Crippen LogP contribution is -2.16. The highest BCUT2D eigenvalue weighted by Gasteiger charge is 2.19. The Balaban J connectivity index is 2.43. The quantitative estimate of drug-likeness (QED) is 0.593. The van der Waals surface area contributed by atoms with Gasteiger partial charge in [0.25, 0.3) is 5.91 Å². The van der Waals surface area contributed by atoms with Gasteiger partial charge in [0, 0.05) is 22.6 Å². The summed E-state index contributed by atoms with van der Waals surface area (Å²) in [6, 6.07) is 10.3. The Morgan fingerprint density at radius 2 is 2.04 bits per heavy atom. The predicted molar refractivity (Wildman–Crippen MR) is 93.8 cm³/mol. The Hall–Kier alpha value is -3.33. The molecule has 0 unspecified atom stereocenters. The standard InChI is InChI=1S/C18H18N4O2/c1-10-4-5-12(9-19)17(24-3)16(10)18(23)22-13-6-7-15(21)14(8-13)11(2)20/h4-8,20H,21H2,1-3H3,(H,22,23). The molecule has 0 spiro atoms. The van der Waals surface area contributed by atoms with Crippen molar-refractivity contribution in [2.75, 3.05) is 18.2 Å². The van der Waals surface area contributed by atoms with Crippen LogP contribution < -0.4 is 15.8 Å². The summed E-state index contributed by atoms with van der Waals surface area (Å²) in [5, 5.41) is 19.7. The summed E-state index contributed by atoms with van der Waals surface area (Å²) in [4.78, 5) is 12.7. The second kappa shape index (κ2) is 6.84. The molecule has 0 heterocycles. The Morgan fingerprint density at radius 3 is 2.62 bits per heavy atom. The molecule has 0 fully saturated rings. The number of ether oxygens (including phenoxy) is 1. The van der Waals surface area contributed by atoms with E-state index in [0.717, 1.165) is 0 Å². The van der Waals surface area contributed by atoms with Crippen LogP contribution in [0.1, 0.15) is 34.0 Å². The van der Waals surface area contributed by atoms with Crippen molar-refractivity contribution in [3.05, 3.63) is 52.6 Å². The monoisotopic (exact) mass is 322 g/mol. The van der Waals surface area contributed by atoms with Crippen LogP contribution in [0.15, 0.2) is 30.3 Å². The molecular formula is C18H18N4O2. The minimum Gasteiger partial charge on any atom is -0.495 e. The van der Waals surface area contributed by atoms with Gasteiger partial charge in [0.2, 0.25) is 0 Å². The van der Waals surface area contributed by atoms with Gasteiger partial charge in [-0.3, -0.25) is 4.79 Å². The number of nitrogens with zero attached hydrogens (tertiary/aromatic N) is 1. The van der Waals surface area contributed by atoms with E-state index in [-0.39, 0.29) is 11.7 Å². The van der Waals surface area contributed by atoms with Gasteiger partial charge in [0.1, 0.15) is 11.8 Å². The number of hydrogen-bond donors (Lipinski definition) is 3. The van der Waals surface area contributed by atoms with E-state index in [1.54, 1.807) is 44.2 Å². The lowest BCUT2D eigenvalue weighted by atomic mass is 10.0. The van der Waals surface area contributed by atoms with E-state index >= 15 is 0 Å². The summed E-state index contributed by atoms with van der Waals surface area (Å²) in [6.45, 7) is 3.40. The number of anilines is 2. The zero-order valence-corrected chi connectivity index (χ0v) is 13.7. The van der Waals surface area contributed by atoms with Crippen LogP contribution in [0.2, 0.25) is 0 Å². The van der Waals surface area contributed by atoms with E-state index in [1.165, 1.54) is 7.11 Å². The van der Waals surface area contributed by atoms with Gasteiger partial charge in [-0.25, -0.2) is 0 Å². The minimum absolute atomic E-state index is 0.244. The maximum atomic E-state index is 12.7. The van der Waals surface area contributed by atoms with E-state index in [9.17, 15) is 4.79 Å². The number of carbonyl (C=O) groups excluding carboxylic acids is 1. The maximum absolute atomic E-state index is 12.7. The van der Waals surface area contributed by atoms with E-state index in [0.29, 0.717) is 39.3 Å². The number of carbonyl (C=O) groups is 1. The average molecular weight is 322 g/mol. The first kappa shape index (κ1) is 17.0.